The second kappa shape index (κ2) is 12.0. The van der Waals surface area contributed by atoms with E-state index in [9.17, 15) is 22.1 Å². The minimum absolute atomic E-state index is 0.0384. The molecule has 2 aromatic carbocycles. The van der Waals surface area contributed by atoms with Crippen molar-refractivity contribution in [3.63, 3.8) is 0 Å². The molecule has 0 atom stereocenters. The molecule has 0 saturated heterocycles. The van der Waals surface area contributed by atoms with E-state index < -0.39 is 39.1 Å². The normalized spacial score (nSPS) is 11.1. The van der Waals surface area contributed by atoms with Crippen LogP contribution < -0.4 is 11.1 Å². The minimum Gasteiger partial charge on any atom is -0.368 e. The fourth-order valence-electron chi connectivity index (χ4n) is 3.03. The predicted molar refractivity (Wildman–Crippen MR) is 133 cm³/mol. The van der Waals surface area contributed by atoms with Gasteiger partial charge in [0.05, 0.1) is 6.20 Å². The first-order valence-electron chi connectivity index (χ1n) is 10.3. The molecule has 0 aliphatic heterocycles. The fraction of sp³-hybridized carbons (Fsp3) is 0.0870. The van der Waals surface area contributed by atoms with Crippen molar-refractivity contribution in [1.29, 1.82) is 5.26 Å². The number of nitriles is 1. The molecule has 0 aliphatic rings. The number of nitrogen functional groups attached to an aromatic ring is 1. The van der Waals surface area contributed by atoms with E-state index in [1.807, 2.05) is 0 Å². The first kappa shape index (κ1) is 27.1. The Hall–Kier alpha value is -4.48. The molecule has 2 aromatic heterocycles. The summed E-state index contributed by atoms with van der Waals surface area (Å²) < 4.78 is 68.8. The third kappa shape index (κ3) is 8.02. The van der Waals surface area contributed by atoms with Gasteiger partial charge in [0.25, 0.3) is 0 Å². The van der Waals surface area contributed by atoms with Crippen LogP contribution in [-0.2, 0) is 15.9 Å². The van der Waals surface area contributed by atoms with Gasteiger partial charge in [0.15, 0.2) is 5.82 Å². The van der Waals surface area contributed by atoms with Gasteiger partial charge in [-0.05, 0) is 48.2 Å². The first-order chi connectivity index (χ1) is 17.6. The summed E-state index contributed by atoms with van der Waals surface area (Å²) in [6.07, 6.45) is 6.94. The van der Waals surface area contributed by atoms with E-state index in [1.54, 1.807) is 18.5 Å². The SMILES string of the molecule is C[SH](O)(Cc1cc(F)cc(Nc2ncc(F)c(-c3ccc(F)cc3F)n2)c1)=NC#N.Nc1ncccn1. The molecule has 37 heavy (non-hydrogen) atoms. The van der Waals surface area contributed by atoms with Gasteiger partial charge in [0.1, 0.15) is 23.1 Å². The lowest BCUT2D eigenvalue weighted by atomic mass is 10.1. The predicted octanol–water partition coefficient (Wildman–Crippen LogP) is 4.66. The van der Waals surface area contributed by atoms with Crippen molar-refractivity contribution >= 4 is 27.7 Å². The van der Waals surface area contributed by atoms with E-state index in [1.165, 1.54) is 24.6 Å². The smallest absolute Gasteiger partial charge is 0.227 e. The summed E-state index contributed by atoms with van der Waals surface area (Å²) in [5.74, 6) is -3.26. The highest BCUT2D eigenvalue weighted by molar-refractivity contribution is 7.98. The molecule has 4 rings (SSSR count). The van der Waals surface area contributed by atoms with E-state index in [4.69, 9.17) is 11.0 Å². The molecule has 14 heteroatoms. The molecular weight excluding hydrogens is 512 g/mol. The molecule has 0 saturated carbocycles. The number of hydrogen-bond acceptors (Lipinski definition) is 8. The fourth-order valence-corrected chi connectivity index (χ4v) is 4.17. The molecule has 0 bridgehead atoms. The van der Waals surface area contributed by atoms with Crippen LogP contribution in [-0.4, -0.2) is 30.7 Å². The lowest BCUT2D eigenvalue weighted by Gasteiger charge is -2.16. The molecule has 0 fully saturated rings. The number of aromatic nitrogens is 4. The molecule has 4 N–H and O–H groups in total. The number of halogens is 4. The number of hydrogen-bond donors (Lipinski definition) is 4. The Morgan fingerprint density at radius 1 is 1.03 bits per heavy atom. The van der Waals surface area contributed by atoms with Gasteiger partial charge in [0.2, 0.25) is 18.1 Å². The Kier molecular flexibility index (Phi) is 8.77. The van der Waals surface area contributed by atoms with E-state index in [-0.39, 0.29) is 23.0 Å². The average Bonchev–Trinajstić information content (AvgIpc) is 2.81. The number of nitrogens with zero attached hydrogens (tertiary/aromatic N) is 6. The highest BCUT2D eigenvalue weighted by Gasteiger charge is 2.15. The summed E-state index contributed by atoms with van der Waals surface area (Å²) in [5, 5.41) is 11.3. The molecule has 0 radical (unpaired) electrons. The lowest BCUT2D eigenvalue weighted by Crippen LogP contribution is -2.10. The molecule has 4 aromatic rings. The minimum atomic E-state index is -2.93. The zero-order chi connectivity index (χ0) is 27.0. The maximum atomic E-state index is 14.1. The molecule has 0 aliphatic carbocycles. The van der Waals surface area contributed by atoms with Crippen LogP contribution >= 0.6 is 0 Å². The molecular formula is C23H20F4N8OS. The topological polar surface area (TPSA) is 146 Å². The molecule has 9 nitrogen and oxygen atoms in total. The summed E-state index contributed by atoms with van der Waals surface area (Å²) in [5.41, 5.74) is 5.01. The van der Waals surface area contributed by atoms with Crippen LogP contribution in [0.4, 0.5) is 35.1 Å². The van der Waals surface area contributed by atoms with Gasteiger partial charge in [-0.15, -0.1) is 4.36 Å². The van der Waals surface area contributed by atoms with Crippen LogP contribution in [0, 0.1) is 34.7 Å². The van der Waals surface area contributed by atoms with Gasteiger partial charge < -0.3 is 15.6 Å². The second-order valence-corrected chi connectivity index (χ2v) is 10.2. The van der Waals surface area contributed by atoms with Gasteiger partial charge in [0, 0.05) is 35.5 Å². The van der Waals surface area contributed by atoms with Crippen molar-refractivity contribution in [3.8, 4) is 17.5 Å². The highest BCUT2D eigenvalue weighted by Crippen LogP contribution is 2.26. The van der Waals surface area contributed by atoms with Crippen molar-refractivity contribution in [3.05, 3.63) is 89.9 Å². The van der Waals surface area contributed by atoms with Crippen LogP contribution in [0.1, 0.15) is 5.56 Å². The number of anilines is 3. The van der Waals surface area contributed by atoms with E-state index in [2.05, 4.69) is 29.6 Å². The van der Waals surface area contributed by atoms with Gasteiger partial charge >= 0.3 is 0 Å². The highest BCUT2D eigenvalue weighted by atomic mass is 32.3. The average molecular weight is 533 g/mol. The van der Waals surface area contributed by atoms with Crippen LogP contribution in [0.2, 0.25) is 0 Å². The van der Waals surface area contributed by atoms with Crippen molar-refractivity contribution in [2.75, 3.05) is 17.3 Å². The summed E-state index contributed by atoms with van der Waals surface area (Å²) in [4.78, 5) is 14.9. The second-order valence-electron chi connectivity index (χ2n) is 7.54. The molecule has 192 valence electrons. The van der Waals surface area contributed by atoms with Gasteiger partial charge in [-0.2, -0.15) is 5.26 Å². The molecule has 0 amide bonds. The quantitative estimate of drug-likeness (QED) is 0.165. The van der Waals surface area contributed by atoms with Crippen molar-refractivity contribution in [1.82, 2.24) is 19.9 Å². The summed E-state index contributed by atoms with van der Waals surface area (Å²) in [6, 6.07) is 8.11. The molecule has 2 heterocycles. The number of thiol groups is 1. The third-order valence-corrected chi connectivity index (χ3v) is 5.96. The van der Waals surface area contributed by atoms with E-state index in [0.717, 1.165) is 24.4 Å². The number of rotatable bonds is 5. The zero-order valence-electron chi connectivity index (χ0n) is 19.1. The van der Waals surface area contributed by atoms with Gasteiger partial charge in [-0.3, -0.25) is 0 Å². The maximum Gasteiger partial charge on any atom is 0.227 e. The Morgan fingerprint density at radius 2 is 1.76 bits per heavy atom. The van der Waals surface area contributed by atoms with Crippen LogP contribution in [0.25, 0.3) is 11.3 Å². The lowest BCUT2D eigenvalue weighted by molar-refractivity contribution is 0.580. The van der Waals surface area contributed by atoms with Crippen LogP contribution in [0.15, 0.2) is 65.4 Å². The van der Waals surface area contributed by atoms with Crippen molar-refractivity contribution < 1.29 is 22.1 Å². The van der Waals surface area contributed by atoms with Crippen molar-refractivity contribution in [2.45, 2.75) is 5.75 Å². The van der Waals surface area contributed by atoms with Crippen LogP contribution in [0.3, 0.4) is 0 Å². The third-order valence-electron chi connectivity index (χ3n) is 4.47. The summed E-state index contributed by atoms with van der Waals surface area (Å²) in [7, 11) is -2.93. The Morgan fingerprint density at radius 3 is 2.38 bits per heavy atom. The number of nitrogens with one attached hydrogen (secondary N) is 1. The largest absolute Gasteiger partial charge is 0.368 e. The van der Waals surface area contributed by atoms with Crippen LogP contribution in [0.5, 0.6) is 0 Å². The zero-order valence-corrected chi connectivity index (χ0v) is 20.0. The molecule has 0 spiro atoms. The first-order valence-corrected chi connectivity index (χ1v) is 12.7. The Balaban J connectivity index is 0.000000468. The van der Waals surface area contributed by atoms with Gasteiger partial charge in [-0.1, -0.05) is 10.1 Å². The van der Waals surface area contributed by atoms with E-state index in [0.29, 0.717) is 17.6 Å². The summed E-state index contributed by atoms with van der Waals surface area (Å²) >= 11 is 0. The molecule has 0 unspecified atom stereocenters. The summed E-state index contributed by atoms with van der Waals surface area (Å²) in [6.45, 7) is 0. The standard InChI is InChI=1S/C19H15F4N5OS.C4H5N3/c1-30(29,26-10-24)9-11-4-13(21)6-14(5-11)27-19-25-8-17(23)18(28-19)15-3-2-12(20)7-16(15)22;5-4-6-2-1-3-7-4/h2-8,30H,9H2,1H3,(H,26,29)(H,25,27,28);1-3H,(H2,5,6,7). The monoisotopic (exact) mass is 532 g/mol. The Labute approximate surface area is 210 Å². The van der Waals surface area contributed by atoms with Crippen molar-refractivity contribution in [2.24, 2.45) is 4.36 Å². The maximum absolute atomic E-state index is 14.1. The Bertz CT molecular complexity index is 1490. The van der Waals surface area contributed by atoms with E-state index >= 15 is 0 Å². The van der Waals surface area contributed by atoms with Gasteiger partial charge in [-0.25, -0.2) is 37.5 Å². The number of benzene rings is 2. The number of nitrogens with two attached hydrogens (primary N) is 1.